The number of fused-ring (bicyclic) bond motifs is 1. The number of phenolic OH excluding ortho intramolecular Hbond substituents is 1. The van der Waals surface area contributed by atoms with Crippen molar-refractivity contribution in [2.45, 2.75) is 90.4 Å². The van der Waals surface area contributed by atoms with Gasteiger partial charge in [-0.2, -0.15) is 9.97 Å². The predicted octanol–water partition coefficient (Wildman–Crippen LogP) is 3.26. The van der Waals surface area contributed by atoms with Gasteiger partial charge in [-0.25, -0.2) is 14.8 Å². The fourth-order valence-corrected chi connectivity index (χ4v) is 5.44. The number of amides is 2. The van der Waals surface area contributed by atoms with Gasteiger partial charge in [0.05, 0.1) is 18.4 Å². The summed E-state index contributed by atoms with van der Waals surface area (Å²) in [6.45, 7) is 11.2. The highest BCUT2D eigenvalue weighted by Crippen LogP contribution is 2.31. The number of nitrogen functional groups attached to an aromatic ring is 2. The highest BCUT2D eigenvalue weighted by Gasteiger charge is 2.29. The molecule has 282 valence electrons. The van der Waals surface area contributed by atoms with Crippen molar-refractivity contribution >= 4 is 52.4 Å². The largest absolute Gasteiger partial charge is 0.508 e. The minimum Gasteiger partial charge on any atom is -0.508 e. The van der Waals surface area contributed by atoms with Gasteiger partial charge in [0.1, 0.15) is 23.4 Å². The van der Waals surface area contributed by atoms with Crippen LogP contribution in [-0.4, -0.2) is 78.6 Å². The van der Waals surface area contributed by atoms with Crippen LogP contribution in [0.5, 0.6) is 5.75 Å². The lowest BCUT2D eigenvalue weighted by Gasteiger charge is -2.24. The van der Waals surface area contributed by atoms with E-state index in [0.29, 0.717) is 28.9 Å². The van der Waals surface area contributed by atoms with Gasteiger partial charge in [-0.05, 0) is 74.1 Å². The Kier molecular flexibility index (Phi) is 12.1. The highest BCUT2D eigenvalue weighted by atomic mass is 16.6. The van der Waals surface area contributed by atoms with Gasteiger partial charge in [0.2, 0.25) is 11.9 Å². The molecule has 0 bridgehead atoms. The van der Waals surface area contributed by atoms with Crippen LogP contribution in [0, 0.1) is 0 Å². The van der Waals surface area contributed by atoms with Crippen molar-refractivity contribution in [3.63, 3.8) is 0 Å². The SMILES string of the molecule is CN(Cc1cnc2nc(N)nc(N)c2n1)c1ccc(C(=O)N[C@@H](CCC(=O)OC(C)(C)C)C(=O)N[C@@H](Cc2ccc(O)c(C(C)(C)C)c2)C(=O)O)cc1. The number of aliphatic carboxylic acids is 1. The van der Waals surface area contributed by atoms with Gasteiger partial charge in [-0.1, -0.05) is 32.9 Å². The minimum absolute atomic E-state index is 0.00178. The highest BCUT2D eigenvalue weighted by molar-refractivity contribution is 5.98. The van der Waals surface area contributed by atoms with Crippen LogP contribution in [0.15, 0.2) is 48.7 Å². The van der Waals surface area contributed by atoms with E-state index in [1.165, 1.54) is 6.07 Å². The van der Waals surface area contributed by atoms with Gasteiger partial charge in [0.25, 0.3) is 5.91 Å². The zero-order valence-electron chi connectivity index (χ0n) is 30.9. The summed E-state index contributed by atoms with van der Waals surface area (Å²) < 4.78 is 5.39. The number of hydrogen-bond acceptors (Lipinski definition) is 13. The fourth-order valence-electron chi connectivity index (χ4n) is 5.44. The molecule has 0 saturated heterocycles. The number of anilines is 3. The summed E-state index contributed by atoms with van der Waals surface area (Å²) in [5, 5.41) is 25.6. The lowest BCUT2D eigenvalue weighted by atomic mass is 9.85. The first-order valence-electron chi connectivity index (χ1n) is 16.9. The second-order valence-electron chi connectivity index (χ2n) is 14.8. The van der Waals surface area contributed by atoms with Gasteiger partial charge in [-0.15, -0.1) is 0 Å². The lowest BCUT2D eigenvalue weighted by Crippen LogP contribution is -2.52. The summed E-state index contributed by atoms with van der Waals surface area (Å²) in [5.41, 5.74) is 13.7. The molecule has 2 amide bonds. The maximum atomic E-state index is 13.6. The Balaban J connectivity index is 1.48. The van der Waals surface area contributed by atoms with Crippen molar-refractivity contribution in [3.05, 3.63) is 71.0 Å². The number of nitrogens with two attached hydrogens (primary N) is 2. The van der Waals surface area contributed by atoms with Crippen molar-refractivity contribution in [2.75, 3.05) is 23.4 Å². The zero-order chi connectivity index (χ0) is 39.2. The minimum atomic E-state index is -1.37. The van der Waals surface area contributed by atoms with Crippen LogP contribution in [0.2, 0.25) is 0 Å². The van der Waals surface area contributed by atoms with E-state index in [2.05, 4.69) is 30.6 Å². The Morgan fingerprint density at radius 3 is 2.23 bits per heavy atom. The summed E-state index contributed by atoms with van der Waals surface area (Å²) in [6.07, 6.45) is 1.10. The molecule has 16 nitrogen and oxygen atoms in total. The van der Waals surface area contributed by atoms with Crippen LogP contribution < -0.4 is 27.0 Å². The molecule has 53 heavy (non-hydrogen) atoms. The van der Waals surface area contributed by atoms with Crippen molar-refractivity contribution in [3.8, 4) is 5.75 Å². The number of aromatic hydroxyl groups is 1. The number of carbonyl (C=O) groups excluding carboxylic acids is 3. The molecule has 4 aromatic rings. The van der Waals surface area contributed by atoms with Crippen LogP contribution in [0.25, 0.3) is 11.2 Å². The fraction of sp³-hybridized carbons (Fsp3) is 0.405. The van der Waals surface area contributed by atoms with Crippen molar-refractivity contribution < 1.29 is 34.1 Å². The first-order valence-corrected chi connectivity index (χ1v) is 16.9. The normalized spacial score (nSPS) is 12.8. The van der Waals surface area contributed by atoms with E-state index in [9.17, 15) is 29.4 Å². The van der Waals surface area contributed by atoms with Gasteiger partial charge < -0.3 is 42.0 Å². The Hall–Kier alpha value is -6.06. The molecule has 0 spiro atoms. The third-order valence-corrected chi connectivity index (χ3v) is 8.07. The number of aromatic nitrogens is 4. The molecule has 0 fully saturated rings. The molecule has 8 N–H and O–H groups in total. The van der Waals surface area contributed by atoms with Crippen LogP contribution >= 0.6 is 0 Å². The van der Waals surface area contributed by atoms with Crippen LogP contribution in [0.4, 0.5) is 17.5 Å². The Morgan fingerprint density at radius 1 is 0.925 bits per heavy atom. The van der Waals surface area contributed by atoms with Gasteiger partial charge in [0.15, 0.2) is 17.0 Å². The van der Waals surface area contributed by atoms with Crippen molar-refractivity contribution in [1.29, 1.82) is 0 Å². The molecule has 2 atom stereocenters. The molecule has 0 unspecified atom stereocenters. The number of nitrogens with zero attached hydrogens (tertiary/aromatic N) is 5. The second kappa shape index (κ2) is 16.1. The van der Waals surface area contributed by atoms with Gasteiger partial charge in [-0.3, -0.25) is 14.4 Å². The molecule has 0 aliphatic heterocycles. The van der Waals surface area contributed by atoms with Crippen LogP contribution in [0.3, 0.4) is 0 Å². The maximum absolute atomic E-state index is 13.6. The molecular weight excluding hydrogens is 682 g/mol. The smallest absolute Gasteiger partial charge is 0.326 e. The number of carboxylic acid groups (broad SMARTS) is 1. The summed E-state index contributed by atoms with van der Waals surface area (Å²) in [5.74, 6) is -3.09. The molecule has 4 rings (SSSR count). The molecule has 16 heteroatoms. The zero-order valence-corrected chi connectivity index (χ0v) is 30.9. The average molecular weight is 730 g/mol. The second-order valence-corrected chi connectivity index (χ2v) is 14.8. The first-order chi connectivity index (χ1) is 24.7. The molecular formula is C37H47N9O7. The van der Waals surface area contributed by atoms with E-state index in [0.717, 1.165) is 5.69 Å². The number of hydrogen-bond donors (Lipinski definition) is 6. The molecule has 2 aromatic heterocycles. The predicted molar refractivity (Wildman–Crippen MR) is 199 cm³/mol. The third kappa shape index (κ3) is 11.0. The molecule has 2 aromatic carbocycles. The lowest BCUT2D eigenvalue weighted by molar-refractivity contribution is -0.155. The van der Waals surface area contributed by atoms with Crippen molar-refractivity contribution in [2.24, 2.45) is 0 Å². The van der Waals surface area contributed by atoms with E-state index in [4.69, 9.17) is 16.2 Å². The number of carbonyl (C=O) groups is 4. The topological polar surface area (TPSA) is 249 Å². The van der Waals surface area contributed by atoms with E-state index in [1.54, 1.807) is 63.4 Å². The number of phenols is 1. The maximum Gasteiger partial charge on any atom is 0.326 e. The van der Waals surface area contributed by atoms with Crippen LogP contribution in [0.1, 0.15) is 81.6 Å². The molecule has 0 saturated carbocycles. The molecule has 2 heterocycles. The van der Waals surface area contributed by atoms with E-state index < -0.39 is 46.9 Å². The summed E-state index contributed by atoms with van der Waals surface area (Å²) in [7, 11) is 1.82. The van der Waals surface area contributed by atoms with Gasteiger partial charge in [0, 0.05) is 31.1 Å². The molecule has 0 radical (unpaired) electrons. The average Bonchev–Trinajstić information content (AvgIpc) is 3.05. The number of benzene rings is 2. The summed E-state index contributed by atoms with van der Waals surface area (Å²) in [6, 6.07) is 8.70. The summed E-state index contributed by atoms with van der Waals surface area (Å²) >= 11 is 0. The number of nitrogens with one attached hydrogen (secondary N) is 2. The van der Waals surface area contributed by atoms with E-state index in [1.807, 2.05) is 32.7 Å². The number of esters is 1. The standard InChI is InChI=1S/C37H47N9O7/c1-36(2,3)24-16-20(8-14-27(24)47)17-26(34(51)52)43-33(50)25(13-15-28(48)53-37(4,5)6)42-32(49)21-9-11-23(12-10-21)46(7)19-22-18-40-31-29(41-22)30(38)44-35(39)45-31/h8-12,14,16,18,25-26,47H,13,15,17,19H2,1-7H3,(H,42,49)(H,43,50)(H,51,52)(H4,38,39,40,44,45)/t25-,26-/m0/s1. The summed E-state index contributed by atoms with van der Waals surface area (Å²) in [4.78, 5) is 70.6. The number of ether oxygens (including phenoxy) is 1. The quantitative estimate of drug-likeness (QED) is 0.108. The Bertz CT molecular complexity index is 1990. The molecule has 0 aliphatic rings. The Labute approximate surface area is 307 Å². The van der Waals surface area contributed by atoms with Crippen molar-refractivity contribution in [1.82, 2.24) is 30.6 Å². The monoisotopic (exact) mass is 729 g/mol. The van der Waals surface area contributed by atoms with E-state index in [-0.39, 0.29) is 48.0 Å². The Morgan fingerprint density at radius 2 is 1.60 bits per heavy atom. The number of rotatable bonds is 13. The molecule has 0 aliphatic carbocycles. The van der Waals surface area contributed by atoms with Gasteiger partial charge >= 0.3 is 11.9 Å². The van der Waals surface area contributed by atoms with E-state index >= 15 is 0 Å². The third-order valence-electron chi connectivity index (χ3n) is 8.07. The number of carboxylic acids is 1. The van der Waals surface area contributed by atoms with Crippen LogP contribution in [-0.2, 0) is 37.5 Å². The first kappa shape index (κ1) is 39.7.